The van der Waals surface area contributed by atoms with E-state index in [-0.39, 0.29) is 90.9 Å². The third-order valence-corrected chi connectivity index (χ3v) is 10.7. The summed E-state index contributed by atoms with van der Waals surface area (Å²) in [5, 5.41) is 20.0. The number of fused-ring (bicyclic) bond motifs is 2. The number of rotatable bonds is 15. The van der Waals surface area contributed by atoms with Crippen molar-refractivity contribution in [3.63, 3.8) is 0 Å². The van der Waals surface area contributed by atoms with Crippen molar-refractivity contribution in [3.8, 4) is 0 Å². The van der Waals surface area contributed by atoms with Crippen molar-refractivity contribution < 1.29 is 92.8 Å². The Labute approximate surface area is 342 Å². The molecular weight excluding hydrogens is 687 g/mol. The SMILES string of the molecule is CC(C)CC(CP(=O)([O-])C(Cc1ccc2ccccc2c1)NC(=O)OCc1ccccc1)C(=O)N[C@@H](Cc1c[nH]c2ccccc12)C(=O)[O-].[Na+].[Na+]. The van der Waals surface area contributed by atoms with Crippen LogP contribution in [0.2, 0.25) is 0 Å². The van der Waals surface area contributed by atoms with E-state index in [9.17, 15) is 28.9 Å². The van der Waals surface area contributed by atoms with Gasteiger partial charge < -0.3 is 39.7 Å². The number of hydrogen-bond acceptors (Lipinski definition) is 7. The standard InChI is InChI=1S/C38H42N3O7P.2Na/c1-25(2)18-31(36(42)40-34(37(43)44)21-30-22-39-33-15-9-8-14-32(30)33)24-49(46,47)35(41-38(45)48-23-26-10-4-3-5-11-26)20-27-16-17-28-12-6-7-13-29(28)19-27;;/h3-17,19,22,25,31,34-35,39H,18,20-21,23-24H2,1-2H3,(H,40,42)(H,41,45)(H,43,44)(H,46,47);;/q;2*+1/p-2/t31?,34-,35?;;/m0../s1. The first-order valence-electron chi connectivity index (χ1n) is 16.3. The molecule has 13 heteroatoms. The van der Waals surface area contributed by atoms with E-state index in [1.54, 1.807) is 36.5 Å². The molecule has 0 aliphatic rings. The van der Waals surface area contributed by atoms with Crippen LogP contribution in [0.4, 0.5) is 4.79 Å². The van der Waals surface area contributed by atoms with Crippen molar-refractivity contribution in [1.29, 1.82) is 0 Å². The van der Waals surface area contributed by atoms with E-state index >= 15 is 0 Å². The Balaban J connectivity index is 0.00000351. The molecule has 0 bridgehead atoms. The number of carbonyl (C=O) groups is 3. The number of aliphatic carboxylic acids is 1. The van der Waals surface area contributed by atoms with E-state index in [4.69, 9.17) is 4.74 Å². The number of carboxylic acid groups (broad SMARTS) is 1. The first-order valence-corrected chi connectivity index (χ1v) is 18.2. The Bertz CT molecular complexity index is 1970. The van der Waals surface area contributed by atoms with Gasteiger partial charge in [0.2, 0.25) is 5.91 Å². The molecule has 2 amide bonds. The second kappa shape index (κ2) is 19.8. The predicted octanol–water partition coefficient (Wildman–Crippen LogP) is -1.10. The number of para-hydroxylation sites is 1. The molecule has 256 valence electrons. The number of aromatic amines is 1. The molecule has 4 aromatic carbocycles. The van der Waals surface area contributed by atoms with Crippen LogP contribution >= 0.6 is 7.37 Å². The van der Waals surface area contributed by atoms with Crippen LogP contribution in [0.15, 0.2) is 103 Å². The van der Waals surface area contributed by atoms with Gasteiger partial charge in [0, 0.05) is 43.0 Å². The Morgan fingerprint density at radius 2 is 1.49 bits per heavy atom. The molecule has 3 unspecified atom stereocenters. The summed E-state index contributed by atoms with van der Waals surface area (Å²) in [6.07, 6.45) is 0.231. The summed E-state index contributed by atoms with van der Waals surface area (Å²) < 4.78 is 19.5. The summed E-state index contributed by atoms with van der Waals surface area (Å²) in [5.74, 6) is -4.77. The Hall–Kier alpha value is -2.92. The second-order valence-corrected chi connectivity index (χ2v) is 15.2. The molecule has 0 spiro atoms. The minimum Gasteiger partial charge on any atom is -0.798 e. The van der Waals surface area contributed by atoms with Crippen LogP contribution in [0.5, 0.6) is 0 Å². The number of hydrogen-bond donors (Lipinski definition) is 3. The van der Waals surface area contributed by atoms with E-state index in [0.29, 0.717) is 11.1 Å². The van der Waals surface area contributed by atoms with Crippen molar-refractivity contribution in [2.45, 2.75) is 51.5 Å². The fraction of sp³-hybridized carbons (Fsp3) is 0.289. The van der Waals surface area contributed by atoms with Crippen LogP contribution in [0.3, 0.4) is 0 Å². The first-order chi connectivity index (χ1) is 23.5. The monoisotopic (exact) mass is 727 g/mol. The van der Waals surface area contributed by atoms with Crippen molar-refractivity contribution in [3.05, 3.63) is 120 Å². The molecule has 0 saturated carbocycles. The zero-order valence-electron chi connectivity index (χ0n) is 29.5. The van der Waals surface area contributed by atoms with Gasteiger partial charge in [-0.2, -0.15) is 0 Å². The summed E-state index contributed by atoms with van der Waals surface area (Å²) in [5.41, 5.74) is 2.90. The van der Waals surface area contributed by atoms with Crippen LogP contribution in [-0.4, -0.2) is 40.9 Å². The number of aromatic nitrogens is 1. The van der Waals surface area contributed by atoms with E-state index in [2.05, 4.69) is 15.6 Å². The Morgan fingerprint density at radius 1 is 0.824 bits per heavy atom. The van der Waals surface area contributed by atoms with Gasteiger partial charge in [0.1, 0.15) is 6.61 Å². The van der Waals surface area contributed by atoms with Crippen LogP contribution < -0.4 is 79.7 Å². The van der Waals surface area contributed by atoms with Gasteiger partial charge in [0.05, 0.1) is 17.8 Å². The summed E-state index contributed by atoms with van der Waals surface area (Å²) in [6, 6.07) is 28.2. The van der Waals surface area contributed by atoms with Crippen LogP contribution in [0.25, 0.3) is 21.7 Å². The average Bonchev–Trinajstić information content (AvgIpc) is 3.49. The summed E-state index contributed by atoms with van der Waals surface area (Å²) in [7, 11) is -4.59. The van der Waals surface area contributed by atoms with Gasteiger partial charge in [-0.1, -0.05) is 105 Å². The molecule has 1 heterocycles. The van der Waals surface area contributed by atoms with Crippen molar-refractivity contribution in [2.24, 2.45) is 11.8 Å². The molecule has 1 aromatic heterocycles. The van der Waals surface area contributed by atoms with Crippen LogP contribution in [0, 0.1) is 11.8 Å². The number of ether oxygens (including phenoxy) is 1. The molecule has 0 saturated heterocycles. The van der Waals surface area contributed by atoms with Crippen LogP contribution in [0.1, 0.15) is 37.0 Å². The van der Waals surface area contributed by atoms with E-state index in [0.717, 1.165) is 27.2 Å². The molecule has 51 heavy (non-hydrogen) atoms. The molecule has 5 rings (SSSR count). The maximum atomic E-state index is 14.2. The number of benzene rings is 4. The van der Waals surface area contributed by atoms with E-state index in [1.807, 2.05) is 80.6 Å². The minimum atomic E-state index is -4.59. The summed E-state index contributed by atoms with van der Waals surface area (Å²) in [4.78, 5) is 56.1. The smallest absolute Gasteiger partial charge is 0.798 e. The number of carbonyl (C=O) groups excluding carboxylic acids is 3. The number of alkyl carbamates (subject to hydrolysis) is 1. The van der Waals surface area contributed by atoms with Crippen molar-refractivity contribution in [1.82, 2.24) is 15.6 Å². The minimum absolute atomic E-state index is 0. The largest absolute Gasteiger partial charge is 1.00 e. The molecule has 0 fully saturated rings. The third kappa shape index (κ3) is 12.1. The topological polar surface area (TPSA) is 163 Å². The van der Waals surface area contributed by atoms with Crippen molar-refractivity contribution >= 4 is 47.0 Å². The summed E-state index contributed by atoms with van der Waals surface area (Å²) >= 11 is 0. The molecule has 0 aliphatic carbocycles. The van der Waals surface area contributed by atoms with Gasteiger partial charge in [-0.15, -0.1) is 0 Å². The average molecular weight is 728 g/mol. The third-order valence-electron chi connectivity index (χ3n) is 8.52. The van der Waals surface area contributed by atoms with Crippen LogP contribution in [-0.2, 0) is 38.3 Å². The zero-order chi connectivity index (χ0) is 35.0. The fourth-order valence-corrected chi connectivity index (χ4v) is 8.02. The first kappa shape index (κ1) is 42.5. The molecule has 4 atom stereocenters. The van der Waals surface area contributed by atoms with Crippen molar-refractivity contribution in [2.75, 3.05) is 6.16 Å². The van der Waals surface area contributed by atoms with E-state index < -0.39 is 49.2 Å². The van der Waals surface area contributed by atoms with Gasteiger partial charge in [-0.25, -0.2) is 4.79 Å². The number of amides is 2. The van der Waals surface area contributed by atoms with Gasteiger partial charge >= 0.3 is 65.2 Å². The maximum Gasteiger partial charge on any atom is 1.00 e. The second-order valence-electron chi connectivity index (χ2n) is 12.8. The number of H-pyrrole nitrogens is 1. The Morgan fingerprint density at radius 3 is 2.20 bits per heavy atom. The van der Waals surface area contributed by atoms with Gasteiger partial charge in [0.15, 0.2) is 0 Å². The molecule has 0 radical (unpaired) electrons. The molecule has 5 aromatic rings. The Kier molecular flexibility index (Phi) is 16.5. The van der Waals surface area contributed by atoms with Gasteiger partial charge in [0.25, 0.3) is 0 Å². The number of carboxylic acids is 1. The zero-order valence-corrected chi connectivity index (χ0v) is 34.4. The van der Waals surface area contributed by atoms with Gasteiger partial charge in [-0.3, -0.25) is 4.79 Å². The molecule has 3 N–H and O–H groups in total. The predicted molar refractivity (Wildman–Crippen MR) is 186 cm³/mol. The van der Waals surface area contributed by atoms with Gasteiger partial charge in [-0.05, 0) is 52.3 Å². The molecule has 10 nitrogen and oxygen atoms in total. The fourth-order valence-electron chi connectivity index (χ4n) is 6.05. The molecular formula is C38H40N3Na2O7P. The van der Waals surface area contributed by atoms with E-state index in [1.165, 1.54) is 0 Å². The normalized spacial score (nSPS) is 14.0. The quantitative estimate of drug-likeness (QED) is 0.0912. The molecule has 0 aliphatic heterocycles. The summed E-state index contributed by atoms with van der Waals surface area (Å²) in [6.45, 7) is 3.64. The number of nitrogens with one attached hydrogen (secondary N) is 3. The maximum absolute atomic E-state index is 14.2.